The van der Waals surface area contributed by atoms with E-state index in [1.165, 1.54) is 61.7 Å². The second-order valence-corrected chi connectivity index (χ2v) is 10.0. The van der Waals surface area contributed by atoms with Gasteiger partial charge in [0, 0.05) is 24.3 Å². The van der Waals surface area contributed by atoms with Crippen LogP contribution < -0.4 is 9.47 Å². The maximum absolute atomic E-state index is 12.3. The maximum atomic E-state index is 12.3. The van der Waals surface area contributed by atoms with Gasteiger partial charge < -0.3 is 59.8 Å². The number of phenolic OH excluding ortho intramolecular Hbond substituents is 5. The Hall–Kier alpha value is -5.28. The Morgan fingerprint density at radius 3 is 2.33 bits per heavy atom. The molecule has 1 saturated heterocycles. The third kappa shape index (κ3) is 6.63. The Bertz CT molecular complexity index is 1750. The second-order valence-electron chi connectivity index (χ2n) is 10.0. The molecule has 1 aliphatic rings. The Labute approximate surface area is 254 Å². The van der Waals surface area contributed by atoms with E-state index >= 15 is 0 Å². The SMILES string of the molecule is COc1cc(-c2[o+]c3cc(O)cc(O)c3cc2OC2OC(COC(=O)C=Cc3ccc(O)c(O)c3)C(O)C(O)C2O)ccc1O. The molecule has 1 aromatic heterocycles. The number of ether oxygens (including phenoxy) is 4. The molecule has 14 heteroatoms. The minimum atomic E-state index is -1.81. The number of benzene rings is 3. The molecule has 0 radical (unpaired) electrons. The number of carbonyl (C=O) groups is 1. The highest BCUT2D eigenvalue weighted by Crippen LogP contribution is 2.42. The average Bonchev–Trinajstić information content (AvgIpc) is 3.01. The van der Waals surface area contributed by atoms with E-state index in [1.807, 2.05) is 0 Å². The molecule has 0 spiro atoms. The quantitative estimate of drug-likeness (QED) is 0.0609. The number of phenols is 5. The molecule has 8 N–H and O–H groups in total. The van der Waals surface area contributed by atoms with Crippen molar-refractivity contribution in [1.82, 2.24) is 0 Å². The summed E-state index contributed by atoms with van der Waals surface area (Å²) in [5.74, 6) is -2.48. The normalized spacial score (nSPS) is 21.6. The predicted octanol–water partition coefficient (Wildman–Crippen LogP) is 2.36. The van der Waals surface area contributed by atoms with Crippen LogP contribution in [0.2, 0.25) is 0 Å². The number of fused-ring (bicyclic) bond motifs is 1. The highest BCUT2D eigenvalue weighted by Gasteiger charge is 2.46. The summed E-state index contributed by atoms with van der Waals surface area (Å²) in [5, 5.41) is 81.4. The summed E-state index contributed by atoms with van der Waals surface area (Å²) in [6.07, 6.45) is -6.00. The Balaban J connectivity index is 1.40. The largest absolute Gasteiger partial charge is 0.507 e. The fourth-order valence-corrected chi connectivity index (χ4v) is 4.59. The summed E-state index contributed by atoms with van der Waals surface area (Å²) in [5.41, 5.74) is 0.726. The smallest absolute Gasteiger partial charge is 0.402 e. The monoisotopic (exact) mass is 625 g/mol. The van der Waals surface area contributed by atoms with Crippen LogP contribution in [0.25, 0.3) is 28.4 Å². The van der Waals surface area contributed by atoms with Crippen molar-refractivity contribution in [3.63, 3.8) is 0 Å². The lowest BCUT2D eigenvalue weighted by molar-refractivity contribution is -0.278. The molecule has 14 nitrogen and oxygen atoms in total. The van der Waals surface area contributed by atoms with E-state index in [4.69, 9.17) is 23.4 Å². The first-order valence-electron chi connectivity index (χ1n) is 13.4. The van der Waals surface area contributed by atoms with Crippen molar-refractivity contribution in [1.29, 1.82) is 0 Å². The van der Waals surface area contributed by atoms with Gasteiger partial charge in [0.2, 0.25) is 12.0 Å². The van der Waals surface area contributed by atoms with Crippen LogP contribution in [0, 0.1) is 0 Å². The van der Waals surface area contributed by atoms with E-state index < -0.39 is 43.3 Å². The topological polar surface area (TPSA) is 227 Å². The third-order valence-corrected chi connectivity index (χ3v) is 6.97. The van der Waals surface area contributed by atoms with Crippen LogP contribution in [0.4, 0.5) is 0 Å². The van der Waals surface area contributed by atoms with Gasteiger partial charge >= 0.3 is 17.3 Å². The highest BCUT2D eigenvalue weighted by atomic mass is 16.7. The van der Waals surface area contributed by atoms with Crippen LogP contribution >= 0.6 is 0 Å². The van der Waals surface area contributed by atoms with Gasteiger partial charge in [-0.3, -0.25) is 0 Å². The molecular formula is C31H29O14+. The number of esters is 1. The zero-order valence-corrected chi connectivity index (χ0v) is 23.5. The van der Waals surface area contributed by atoms with E-state index in [2.05, 4.69) is 0 Å². The lowest BCUT2D eigenvalue weighted by atomic mass is 9.99. The van der Waals surface area contributed by atoms with Crippen LogP contribution in [0.5, 0.6) is 40.2 Å². The summed E-state index contributed by atoms with van der Waals surface area (Å²) in [6, 6.07) is 11.7. The lowest BCUT2D eigenvalue weighted by Gasteiger charge is -2.39. The van der Waals surface area contributed by atoms with Gasteiger partial charge in [-0.2, -0.15) is 0 Å². The van der Waals surface area contributed by atoms with Gasteiger partial charge in [-0.25, -0.2) is 9.21 Å². The average molecular weight is 626 g/mol. The molecule has 5 unspecified atom stereocenters. The van der Waals surface area contributed by atoms with Crippen molar-refractivity contribution in [3.8, 4) is 51.6 Å². The number of rotatable bonds is 8. The number of aromatic hydroxyl groups is 5. The number of hydrogen-bond donors (Lipinski definition) is 8. The summed E-state index contributed by atoms with van der Waals surface area (Å²) in [7, 11) is 1.34. The number of aliphatic hydroxyl groups is 3. The van der Waals surface area contributed by atoms with Gasteiger partial charge in [-0.05, 0) is 35.9 Å². The minimum absolute atomic E-state index is 0.0180. The van der Waals surface area contributed by atoms with E-state index in [0.29, 0.717) is 11.1 Å². The van der Waals surface area contributed by atoms with E-state index in [-0.39, 0.29) is 57.0 Å². The number of carbonyl (C=O) groups excluding carboxylic acids is 1. The van der Waals surface area contributed by atoms with Gasteiger partial charge in [-0.15, -0.1) is 0 Å². The first-order chi connectivity index (χ1) is 21.4. The van der Waals surface area contributed by atoms with Crippen molar-refractivity contribution in [2.24, 2.45) is 0 Å². The van der Waals surface area contributed by atoms with Gasteiger partial charge in [0.1, 0.15) is 47.9 Å². The predicted molar refractivity (Wildman–Crippen MR) is 155 cm³/mol. The molecule has 1 aliphatic heterocycles. The van der Waals surface area contributed by atoms with Gasteiger partial charge in [0.05, 0.1) is 18.7 Å². The van der Waals surface area contributed by atoms with Crippen LogP contribution in [-0.4, -0.2) is 91.2 Å². The third-order valence-electron chi connectivity index (χ3n) is 6.97. The zero-order valence-electron chi connectivity index (χ0n) is 23.5. The first-order valence-corrected chi connectivity index (χ1v) is 13.4. The van der Waals surface area contributed by atoms with E-state index in [0.717, 1.165) is 12.1 Å². The Kier molecular flexibility index (Phi) is 8.83. The molecule has 1 fully saturated rings. The summed E-state index contributed by atoms with van der Waals surface area (Å²) in [6.45, 7) is -0.570. The standard InChI is InChI=1S/C31H28O14/c1-41-23-9-15(4-6-19(23)34)30-24(12-17-20(35)10-16(32)11-22(17)43-30)44-31-29(40)28(39)27(38)25(45-31)13-42-26(37)7-3-14-2-5-18(33)21(36)8-14/h2-12,25,27-29,31,38-40H,13H2,1H3,(H4-,32,33,34,35,36,37)/p+1. The molecule has 4 aromatic rings. The van der Waals surface area contributed by atoms with Crippen molar-refractivity contribution >= 4 is 23.0 Å². The molecule has 3 aromatic carbocycles. The number of hydrogen-bond acceptors (Lipinski definition) is 13. The molecule has 5 rings (SSSR count). The van der Waals surface area contributed by atoms with Crippen LogP contribution in [0.15, 0.2) is 65.1 Å². The Morgan fingerprint density at radius 2 is 1.60 bits per heavy atom. The molecule has 45 heavy (non-hydrogen) atoms. The molecule has 0 aliphatic carbocycles. The molecule has 0 saturated carbocycles. The van der Waals surface area contributed by atoms with Crippen molar-refractivity contribution < 1.29 is 69.0 Å². The fraction of sp³-hybridized carbons (Fsp3) is 0.226. The van der Waals surface area contributed by atoms with Gasteiger partial charge in [-0.1, -0.05) is 6.07 Å². The maximum Gasteiger partial charge on any atom is 0.402 e. The Morgan fingerprint density at radius 1 is 0.844 bits per heavy atom. The first kappa shape index (κ1) is 31.2. The number of aliphatic hydroxyl groups excluding tert-OH is 3. The fourth-order valence-electron chi connectivity index (χ4n) is 4.59. The molecule has 236 valence electrons. The minimum Gasteiger partial charge on any atom is -0.507 e. The molecule has 2 heterocycles. The molecular weight excluding hydrogens is 596 g/mol. The molecule has 0 amide bonds. The lowest BCUT2D eigenvalue weighted by Crippen LogP contribution is -2.60. The van der Waals surface area contributed by atoms with Crippen LogP contribution in [-0.2, 0) is 14.3 Å². The number of methoxy groups -OCH3 is 1. The van der Waals surface area contributed by atoms with Crippen molar-refractivity contribution in [3.05, 3.63) is 66.2 Å². The van der Waals surface area contributed by atoms with Crippen molar-refractivity contribution in [2.75, 3.05) is 13.7 Å². The van der Waals surface area contributed by atoms with Gasteiger partial charge in [0.15, 0.2) is 23.0 Å². The van der Waals surface area contributed by atoms with Crippen LogP contribution in [0.3, 0.4) is 0 Å². The summed E-state index contributed by atoms with van der Waals surface area (Å²) in [4.78, 5) is 12.3. The zero-order chi connectivity index (χ0) is 32.4. The van der Waals surface area contributed by atoms with Crippen LogP contribution in [0.1, 0.15) is 5.56 Å². The summed E-state index contributed by atoms with van der Waals surface area (Å²) >= 11 is 0. The van der Waals surface area contributed by atoms with E-state index in [9.17, 15) is 45.6 Å². The highest BCUT2D eigenvalue weighted by molar-refractivity contribution is 5.89. The summed E-state index contributed by atoms with van der Waals surface area (Å²) < 4.78 is 27.9. The molecule has 0 bridgehead atoms. The van der Waals surface area contributed by atoms with E-state index in [1.54, 1.807) is 0 Å². The van der Waals surface area contributed by atoms with Gasteiger partial charge in [0.25, 0.3) is 0 Å². The second kappa shape index (κ2) is 12.8. The van der Waals surface area contributed by atoms with Crippen molar-refractivity contribution in [2.45, 2.75) is 30.7 Å². The molecule has 5 atom stereocenters.